The van der Waals surface area contributed by atoms with E-state index in [1.165, 1.54) is 23.6 Å². The predicted molar refractivity (Wildman–Crippen MR) is 106 cm³/mol. The predicted octanol–water partition coefficient (Wildman–Crippen LogP) is 3.37. The first kappa shape index (κ1) is 19.8. The minimum absolute atomic E-state index is 0.184. The normalized spacial score (nSPS) is 11.0. The Kier molecular flexibility index (Phi) is 5.65. The van der Waals surface area contributed by atoms with E-state index in [0.717, 1.165) is 0 Å². The van der Waals surface area contributed by atoms with Crippen molar-refractivity contribution in [3.8, 4) is 5.75 Å². The van der Waals surface area contributed by atoms with E-state index < -0.39 is 5.97 Å². The lowest BCUT2D eigenvalue weighted by molar-refractivity contribution is -0.143. The maximum atomic E-state index is 13.0. The number of nitrogens with zero attached hydrogens (tertiary/aromatic N) is 2. The van der Waals surface area contributed by atoms with Gasteiger partial charge in [-0.25, -0.2) is 4.98 Å². The van der Waals surface area contributed by atoms with E-state index in [1.54, 1.807) is 26.0 Å². The molecule has 1 aromatic carbocycles. The quantitative estimate of drug-likeness (QED) is 0.357. The number of rotatable bonds is 6. The number of carbonyl (C=O) groups excluding carboxylic acids is 2. The summed E-state index contributed by atoms with van der Waals surface area (Å²) in [7, 11) is 0. The Labute approximate surface area is 165 Å². The van der Waals surface area contributed by atoms with Crippen molar-refractivity contribution in [3.63, 3.8) is 0 Å². The lowest BCUT2D eigenvalue weighted by Crippen LogP contribution is -2.20. The Morgan fingerprint density at radius 3 is 2.46 bits per heavy atom. The number of benzene rings is 1. The SMILES string of the molecule is CCOC(=O)Cn1c2nc(C(C)=O)ccc2c(=O)c2ccc(Cl)c(OCC)c21. The molecule has 3 aromatic rings. The van der Waals surface area contributed by atoms with Gasteiger partial charge in [0.25, 0.3) is 0 Å². The third-order valence-electron chi connectivity index (χ3n) is 4.22. The van der Waals surface area contributed by atoms with Crippen LogP contribution in [0, 0.1) is 0 Å². The van der Waals surface area contributed by atoms with Crippen molar-refractivity contribution in [1.82, 2.24) is 9.55 Å². The monoisotopic (exact) mass is 402 g/mol. The first-order valence-corrected chi connectivity index (χ1v) is 9.21. The second-order valence-corrected chi connectivity index (χ2v) is 6.46. The molecule has 0 aliphatic carbocycles. The summed E-state index contributed by atoms with van der Waals surface area (Å²) in [6.45, 7) is 5.18. The number of carbonyl (C=O) groups is 2. The second-order valence-electron chi connectivity index (χ2n) is 6.05. The number of ether oxygens (including phenoxy) is 2. The van der Waals surface area contributed by atoms with Crippen LogP contribution >= 0.6 is 11.6 Å². The molecular formula is C20H19ClN2O5. The fourth-order valence-electron chi connectivity index (χ4n) is 3.05. The van der Waals surface area contributed by atoms with Crippen molar-refractivity contribution in [1.29, 1.82) is 0 Å². The van der Waals surface area contributed by atoms with Crippen molar-refractivity contribution >= 4 is 45.3 Å². The third kappa shape index (κ3) is 3.45. The molecule has 146 valence electrons. The Morgan fingerprint density at radius 2 is 1.82 bits per heavy atom. The zero-order valence-corrected chi connectivity index (χ0v) is 16.5. The van der Waals surface area contributed by atoms with Crippen LogP contribution in [0.25, 0.3) is 21.9 Å². The lowest BCUT2D eigenvalue weighted by atomic mass is 10.1. The van der Waals surface area contributed by atoms with Crippen LogP contribution in [0.3, 0.4) is 0 Å². The number of Topliss-reactive ketones (excluding diaryl/α,β-unsaturated/α-hetero) is 1. The van der Waals surface area contributed by atoms with Gasteiger partial charge in [0.2, 0.25) is 0 Å². The fraction of sp³-hybridized carbons (Fsp3) is 0.300. The Balaban J connectivity index is 2.50. The van der Waals surface area contributed by atoms with E-state index in [-0.39, 0.29) is 46.8 Å². The summed E-state index contributed by atoms with van der Waals surface area (Å²) in [6.07, 6.45) is 0. The van der Waals surface area contributed by atoms with Gasteiger partial charge < -0.3 is 14.0 Å². The first-order chi connectivity index (χ1) is 13.4. The fourth-order valence-corrected chi connectivity index (χ4v) is 3.25. The van der Waals surface area contributed by atoms with Gasteiger partial charge in [0, 0.05) is 6.92 Å². The highest BCUT2D eigenvalue weighted by atomic mass is 35.5. The Bertz CT molecular complexity index is 1150. The molecule has 0 saturated heterocycles. The zero-order chi connectivity index (χ0) is 20.4. The molecule has 0 N–H and O–H groups in total. The largest absolute Gasteiger partial charge is 0.490 e. The standard InChI is InChI=1S/C20H19ClN2O5/c1-4-27-16(25)10-23-17-12(6-8-14(21)19(17)28-5-2)18(26)13-7-9-15(11(3)24)22-20(13)23/h6-9H,4-5,10H2,1-3H3. The molecule has 28 heavy (non-hydrogen) atoms. The molecule has 0 fully saturated rings. The van der Waals surface area contributed by atoms with Crippen molar-refractivity contribution in [2.24, 2.45) is 0 Å². The van der Waals surface area contributed by atoms with E-state index in [9.17, 15) is 14.4 Å². The van der Waals surface area contributed by atoms with Crippen LogP contribution in [0.5, 0.6) is 5.75 Å². The Hall–Kier alpha value is -2.93. The first-order valence-electron chi connectivity index (χ1n) is 8.84. The average Bonchev–Trinajstić information content (AvgIpc) is 2.66. The van der Waals surface area contributed by atoms with Gasteiger partial charge in [-0.05, 0) is 38.1 Å². The highest BCUT2D eigenvalue weighted by Crippen LogP contribution is 2.34. The minimum atomic E-state index is -0.508. The summed E-state index contributed by atoms with van der Waals surface area (Å²) >= 11 is 6.31. The van der Waals surface area contributed by atoms with Gasteiger partial charge in [-0.1, -0.05) is 11.6 Å². The van der Waals surface area contributed by atoms with Crippen LogP contribution in [-0.4, -0.2) is 34.5 Å². The molecule has 0 unspecified atom stereocenters. The molecule has 0 aliphatic rings. The van der Waals surface area contributed by atoms with Crippen LogP contribution < -0.4 is 10.2 Å². The topological polar surface area (TPSA) is 87.5 Å². The van der Waals surface area contributed by atoms with Crippen LogP contribution in [-0.2, 0) is 16.1 Å². The highest BCUT2D eigenvalue weighted by molar-refractivity contribution is 6.33. The molecule has 2 heterocycles. The van der Waals surface area contributed by atoms with Crippen LogP contribution in [0.4, 0.5) is 0 Å². The molecule has 8 heteroatoms. The summed E-state index contributed by atoms with van der Waals surface area (Å²) in [5, 5.41) is 0.919. The van der Waals surface area contributed by atoms with E-state index >= 15 is 0 Å². The summed E-state index contributed by atoms with van der Waals surface area (Å²) in [4.78, 5) is 41.5. The number of ketones is 1. The molecule has 0 amide bonds. The highest BCUT2D eigenvalue weighted by Gasteiger charge is 2.21. The van der Waals surface area contributed by atoms with Gasteiger partial charge in [-0.3, -0.25) is 14.4 Å². The van der Waals surface area contributed by atoms with Gasteiger partial charge in [0.15, 0.2) is 17.0 Å². The smallest absolute Gasteiger partial charge is 0.326 e. The molecule has 0 aliphatic heterocycles. The van der Waals surface area contributed by atoms with Crippen LogP contribution in [0.1, 0.15) is 31.3 Å². The molecule has 0 bridgehead atoms. The zero-order valence-electron chi connectivity index (χ0n) is 15.7. The number of pyridine rings is 2. The van der Waals surface area contributed by atoms with Crippen molar-refractivity contribution in [2.45, 2.75) is 27.3 Å². The summed E-state index contributed by atoms with van der Waals surface area (Å²) in [5.41, 5.74) is 0.434. The minimum Gasteiger partial charge on any atom is -0.490 e. The van der Waals surface area contributed by atoms with Crippen LogP contribution in [0.2, 0.25) is 5.02 Å². The maximum absolute atomic E-state index is 13.0. The van der Waals surface area contributed by atoms with E-state index in [4.69, 9.17) is 21.1 Å². The van der Waals surface area contributed by atoms with Gasteiger partial charge in [-0.15, -0.1) is 0 Å². The summed E-state index contributed by atoms with van der Waals surface area (Å²) < 4.78 is 12.3. The molecule has 0 saturated carbocycles. The Morgan fingerprint density at radius 1 is 1.11 bits per heavy atom. The van der Waals surface area contributed by atoms with Gasteiger partial charge in [0.1, 0.15) is 17.9 Å². The molecular weight excluding hydrogens is 384 g/mol. The van der Waals surface area contributed by atoms with Gasteiger partial charge >= 0.3 is 5.97 Å². The summed E-state index contributed by atoms with van der Waals surface area (Å²) in [6, 6.07) is 6.19. The van der Waals surface area contributed by atoms with E-state index in [0.29, 0.717) is 22.5 Å². The molecule has 7 nitrogen and oxygen atoms in total. The molecule has 2 aromatic heterocycles. The molecule has 0 spiro atoms. The van der Waals surface area contributed by atoms with Crippen molar-refractivity contribution < 1.29 is 19.1 Å². The number of fused-ring (bicyclic) bond motifs is 2. The number of hydrogen-bond donors (Lipinski definition) is 0. The number of halogens is 1. The van der Waals surface area contributed by atoms with E-state index in [2.05, 4.69) is 4.98 Å². The molecule has 0 atom stereocenters. The maximum Gasteiger partial charge on any atom is 0.326 e. The molecule has 0 radical (unpaired) electrons. The summed E-state index contributed by atoms with van der Waals surface area (Å²) in [5.74, 6) is -0.487. The van der Waals surface area contributed by atoms with E-state index in [1.807, 2.05) is 0 Å². The lowest BCUT2D eigenvalue weighted by Gasteiger charge is -2.18. The number of esters is 1. The van der Waals surface area contributed by atoms with Crippen LogP contribution in [0.15, 0.2) is 29.1 Å². The average molecular weight is 403 g/mol. The number of hydrogen-bond acceptors (Lipinski definition) is 6. The van der Waals surface area contributed by atoms with Gasteiger partial charge in [0.05, 0.1) is 34.5 Å². The van der Waals surface area contributed by atoms with Crippen molar-refractivity contribution in [2.75, 3.05) is 13.2 Å². The molecule has 3 rings (SSSR count). The third-order valence-corrected chi connectivity index (χ3v) is 4.51. The second kappa shape index (κ2) is 7.98. The number of aromatic nitrogens is 2. The van der Waals surface area contributed by atoms with Crippen molar-refractivity contribution in [3.05, 3.63) is 45.2 Å². The van der Waals surface area contributed by atoms with Gasteiger partial charge in [-0.2, -0.15) is 0 Å².